The minimum absolute atomic E-state index is 0.0325. The molecule has 0 saturated heterocycles. The fourth-order valence-electron chi connectivity index (χ4n) is 2.78. The third-order valence-corrected chi connectivity index (χ3v) is 4.24. The van der Waals surface area contributed by atoms with Gasteiger partial charge in [-0.25, -0.2) is 9.78 Å². The third-order valence-electron chi connectivity index (χ3n) is 4.24. The number of esters is 1. The van der Waals surface area contributed by atoms with E-state index in [0.29, 0.717) is 17.0 Å². The predicted octanol–water partition coefficient (Wildman–Crippen LogP) is 3.52. The van der Waals surface area contributed by atoms with Crippen molar-refractivity contribution in [1.29, 1.82) is 0 Å². The van der Waals surface area contributed by atoms with E-state index in [4.69, 9.17) is 15.2 Å². The molecular formula is C22H21N3O4. The number of nitrogen functional groups attached to an aromatic ring is 1. The van der Waals surface area contributed by atoms with Gasteiger partial charge in [-0.15, -0.1) is 0 Å². The highest BCUT2D eigenvalue weighted by molar-refractivity contribution is 6.00. The van der Waals surface area contributed by atoms with E-state index in [1.165, 1.54) is 19.4 Å². The summed E-state index contributed by atoms with van der Waals surface area (Å²) in [4.78, 5) is 29.6. The molecular weight excluding hydrogens is 370 g/mol. The Labute approximate surface area is 168 Å². The number of aromatic nitrogens is 1. The number of rotatable bonds is 6. The van der Waals surface area contributed by atoms with E-state index >= 15 is 0 Å². The van der Waals surface area contributed by atoms with Gasteiger partial charge < -0.3 is 20.5 Å². The molecule has 29 heavy (non-hydrogen) atoms. The number of nitrogens with zero attached hydrogens (tertiary/aromatic N) is 1. The Bertz CT molecular complexity index is 1020. The summed E-state index contributed by atoms with van der Waals surface area (Å²) in [7, 11) is 1.51. The number of amides is 1. The topological polar surface area (TPSA) is 104 Å². The van der Waals surface area contributed by atoms with Crippen molar-refractivity contribution in [3.63, 3.8) is 0 Å². The SMILES string of the molecule is COc1ccc(C)cc1NC(=O)C(OC(=O)c1cccnc1N)c1ccccc1. The van der Waals surface area contributed by atoms with Crippen LogP contribution >= 0.6 is 0 Å². The van der Waals surface area contributed by atoms with Gasteiger partial charge in [0.2, 0.25) is 6.10 Å². The number of methoxy groups -OCH3 is 1. The molecule has 0 aliphatic heterocycles. The Hall–Kier alpha value is -3.87. The highest BCUT2D eigenvalue weighted by atomic mass is 16.5. The summed E-state index contributed by atoms with van der Waals surface area (Å²) >= 11 is 0. The number of ether oxygens (including phenoxy) is 2. The summed E-state index contributed by atoms with van der Waals surface area (Å²) in [6, 6.07) is 17.2. The molecule has 0 saturated carbocycles. The van der Waals surface area contributed by atoms with Crippen molar-refractivity contribution in [2.45, 2.75) is 13.0 Å². The van der Waals surface area contributed by atoms with Gasteiger partial charge >= 0.3 is 5.97 Å². The van der Waals surface area contributed by atoms with Crippen LogP contribution < -0.4 is 15.8 Å². The number of aryl methyl sites for hydroxylation is 1. The van der Waals surface area contributed by atoms with Gasteiger partial charge in [0.1, 0.15) is 17.1 Å². The molecule has 7 nitrogen and oxygen atoms in total. The van der Waals surface area contributed by atoms with Gasteiger partial charge in [-0.1, -0.05) is 36.4 Å². The van der Waals surface area contributed by atoms with Crippen LogP contribution in [-0.4, -0.2) is 24.0 Å². The molecule has 1 atom stereocenters. The lowest BCUT2D eigenvalue weighted by Gasteiger charge is -2.19. The Morgan fingerprint density at radius 1 is 1.07 bits per heavy atom. The Morgan fingerprint density at radius 3 is 2.52 bits per heavy atom. The van der Waals surface area contributed by atoms with Gasteiger partial charge in [0.15, 0.2) is 0 Å². The van der Waals surface area contributed by atoms with E-state index in [1.807, 2.05) is 19.1 Å². The van der Waals surface area contributed by atoms with Crippen molar-refractivity contribution in [2.24, 2.45) is 0 Å². The third kappa shape index (κ3) is 4.70. The summed E-state index contributed by atoms with van der Waals surface area (Å²) in [5.74, 6) is -0.726. The van der Waals surface area contributed by atoms with Crippen LogP contribution in [0.5, 0.6) is 5.75 Å². The number of anilines is 2. The maximum Gasteiger partial charge on any atom is 0.343 e. The van der Waals surface area contributed by atoms with Gasteiger partial charge in [0, 0.05) is 11.8 Å². The summed E-state index contributed by atoms with van der Waals surface area (Å²) in [6.07, 6.45) is 0.283. The van der Waals surface area contributed by atoms with Crippen LogP contribution in [-0.2, 0) is 9.53 Å². The van der Waals surface area contributed by atoms with Crippen molar-refractivity contribution in [3.05, 3.63) is 83.6 Å². The molecule has 7 heteroatoms. The van der Waals surface area contributed by atoms with Gasteiger partial charge in [-0.3, -0.25) is 4.79 Å². The molecule has 3 rings (SSSR count). The van der Waals surface area contributed by atoms with Gasteiger partial charge in [-0.2, -0.15) is 0 Å². The van der Waals surface area contributed by atoms with Crippen LogP contribution in [0.25, 0.3) is 0 Å². The standard InChI is InChI=1S/C22H21N3O4/c1-14-10-11-18(28-2)17(13-14)25-21(26)19(15-7-4-3-5-8-15)29-22(27)16-9-6-12-24-20(16)23/h3-13,19H,1-2H3,(H2,23,24)(H,25,26). The first-order chi connectivity index (χ1) is 14.0. The summed E-state index contributed by atoms with van der Waals surface area (Å²) < 4.78 is 10.8. The van der Waals surface area contributed by atoms with E-state index in [9.17, 15) is 9.59 Å². The molecule has 3 N–H and O–H groups in total. The van der Waals surface area contributed by atoms with Gasteiger partial charge in [0.05, 0.1) is 12.8 Å². The lowest BCUT2D eigenvalue weighted by Crippen LogP contribution is -2.26. The van der Waals surface area contributed by atoms with Gasteiger partial charge in [0.25, 0.3) is 5.91 Å². The molecule has 0 fully saturated rings. The number of hydrogen-bond donors (Lipinski definition) is 2. The summed E-state index contributed by atoms with van der Waals surface area (Å²) in [5.41, 5.74) is 7.80. The molecule has 0 radical (unpaired) electrons. The van der Waals surface area contributed by atoms with E-state index in [0.717, 1.165) is 5.56 Å². The lowest BCUT2D eigenvalue weighted by atomic mass is 10.1. The molecule has 0 bridgehead atoms. The first-order valence-corrected chi connectivity index (χ1v) is 8.91. The normalized spacial score (nSPS) is 11.4. The van der Waals surface area contributed by atoms with Crippen LogP contribution in [0, 0.1) is 6.92 Å². The average Bonchev–Trinajstić information content (AvgIpc) is 2.73. The van der Waals surface area contributed by atoms with E-state index in [1.54, 1.807) is 42.5 Å². The molecule has 1 amide bonds. The zero-order chi connectivity index (χ0) is 20.8. The fraction of sp³-hybridized carbons (Fsp3) is 0.136. The van der Waals surface area contributed by atoms with Crippen molar-refractivity contribution in [3.8, 4) is 5.75 Å². The van der Waals surface area contributed by atoms with Crippen molar-refractivity contribution >= 4 is 23.4 Å². The number of benzene rings is 2. The van der Waals surface area contributed by atoms with Crippen molar-refractivity contribution in [1.82, 2.24) is 4.98 Å². The average molecular weight is 391 g/mol. The highest BCUT2D eigenvalue weighted by Gasteiger charge is 2.27. The molecule has 0 aliphatic carbocycles. The van der Waals surface area contributed by atoms with E-state index in [-0.39, 0.29) is 11.4 Å². The monoisotopic (exact) mass is 391 g/mol. The Morgan fingerprint density at radius 2 is 1.83 bits per heavy atom. The van der Waals surface area contributed by atoms with Crippen LogP contribution in [0.15, 0.2) is 66.9 Å². The number of pyridine rings is 1. The molecule has 1 unspecified atom stereocenters. The molecule has 1 heterocycles. The molecule has 148 valence electrons. The van der Waals surface area contributed by atoms with Crippen LogP contribution in [0.2, 0.25) is 0 Å². The van der Waals surface area contributed by atoms with E-state index in [2.05, 4.69) is 10.3 Å². The number of hydrogen-bond acceptors (Lipinski definition) is 6. The van der Waals surface area contributed by atoms with Crippen molar-refractivity contribution in [2.75, 3.05) is 18.2 Å². The minimum atomic E-state index is -1.19. The van der Waals surface area contributed by atoms with Crippen LogP contribution in [0.1, 0.15) is 27.6 Å². The second-order valence-corrected chi connectivity index (χ2v) is 6.33. The van der Waals surface area contributed by atoms with E-state index < -0.39 is 18.0 Å². The zero-order valence-electron chi connectivity index (χ0n) is 16.1. The predicted molar refractivity (Wildman–Crippen MR) is 110 cm³/mol. The Balaban J connectivity index is 1.90. The zero-order valence-corrected chi connectivity index (χ0v) is 16.1. The quantitative estimate of drug-likeness (QED) is 0.623. The first kappa shape index (κ1) is 19.9. The molecule has 0 spiro atoms. The first-order valence-electron chi connectivity index (χ1n) is 8.91. The molecule has 1 aromatic heterocycles. The summed E-state index contributed by atoms with van der Waals surface area (Å²) in [6.45, 7) is 1.90. The number of carbonyl (C=O) groups is 2. The lowest BCUT2D eigenvalue weighted by molar-refractivity contribution is -0.125. The molecule has 3 aromatic rings. The molecule has 2 aromatic carbocycles. The second kappa shape index (κ2) is 8.88. The molecule has 0 aliphatic rings. The van der Waals surface area contributed by atoms with Crippen molar-refractivity contribution < 1.29 is 19.1 Å². The van der Waals surface area contributed by atoms with Crippen LogP contribution in [0.4, 0.5) is 11.5 Å². The number of carbonyl (C=O) groups excluding carboxylic acids is 2. The number of nitrogens with one attached hydrogen (secondary N) is 1. The highest BCUT2D eigenvalue weighted by Crippen LogP contribution is 2.28. The smallest absolute Gasteiger partial charge is 0.343 e. The minimum Gasteiger partial charge on any atom is -0.495 e. The summed E-state index contributed by atoms with van der Waals surface area (Å²) in [5, 5.41) is 2.78. The maximum absolute atomic E-state index is 13.1. The largest absolute Gasteiger partial charge is 0.495 e. The number of nitrogens with two attached hydrogens (primary N) is 1. The Kier molecular flexibility index (Phi) is 6.09. The maximum atomic E-state index is 13.1. The van der Waals surface area contributed by atoms with Crippen LogP contribution in [0.3, 0.4) is 0 Å². The van der Waals surface area contributed by atoms with Gasteiger partial charge in [-0.05, 0) is 36.8 Å². The fourth-order valence-corrected chi connectivity index (χ4v) is 2.78. The second-order valence-electron chi connectivity index (χ2n) is 6.33.